The molecule has 1 unspecified atom stereocenters. The van der Waals surface area contributed by atoms with Crippen LogP contribution in [0.15, 0.2) is 11.1 Å². The number of imidazole rings is 1. The number of fused-ring (bicyclic) bond motifs is 1. The number of hydrogen-bond acceptors (Lipinski definition) is 13. The van der Waals surface area contributed by atoms with Crippen LogP contribution in [0.4, 0.5) is 5.95 Å². The Hall–Kier alpha value is -3.44. The van der Waals surface area contributed by atoms with Crippen LogP contribution in [0.3, 0.4) is 0 Å². The fraction of sp³-hybridized carbons (Fsp3) is 0.652. The van der Waals surface area contributed by atoms with E-state index in [4.69, 9.17) is 28.4 Å². The van der Waals surface area contributed by atoms with Gasteiger partial charge in [0, 0.05) is 19.8 Å². The van der Waals surface area contributed by atoms with Crippen molar-refractivity contribution in [1.82, 2.24) is 19.5 Å². The minimum atomic E-state index is -1.39. The van der Waals surface area contributed by atoms with E-state index in [0.29, 0.717) is 0 Å². The molecule has 4 atom stereocenters. The third kappa shape index (κ3) is 8.03. The number of carbonyl (C=O) groups excluding carboxylic acids is 3. The molecule has 3 N–H and O–H groups in total. The second-order valence-corrected chi connectivity index (χ2v) is 8.92. The van der Waals surface area contributed by atoms with Crippen molar-refractivity contribution in [2.24, 2.45) is 5.92 Å². The summed E-state index contributed by atoms with van der Waals surface area (Å²) in [6.45, 7) is 5.71. The summed E-state index contributed by atoms with van der Waals surface area (Å²) in [5, 5.41) is 13.4. The molecule has 1 amide bonds. The molecule has 1 aliphatic heterocycles. The number of aliphatic hydroxyl groups is 1. The van der Waals surface area contributed by atoms with E-state index in [9.17, 15) is 24.3 Å². The van der Waals surface area contributed by atoms with Crippen LogP contribution in [0.5, 0.6) is 0 Å². The second-order valence-electron chi connectivity index (χ2n) is 8.92. The average molecular weight is 556 g/mol. The predicted molar refractivity (Wildman–Crippen MR) is 131 cm³/mol. The average Bonchev–Trinajstić information content (AvgIpc) is 3.40. The number of carbonyl (C=O) groups is 3. The van der Waals surface area contributed by atoms with Crippen LogP contribution >= 0.6 is 0 Å². The third-order valence-corrected chi connectivity index (χ3v) is 5.48. The topological polar surface area (TPSA) is 202 Å². The number of hydrogen-bond donors (Lipinski definition) is 3. The van der Waals surface area contributed by atoms with Crippen LogP contribution in [0.1, 0.15) is 40.8 Å². The maximum Gasteiger partial charge on any atom is 0.302 e. The minimum absolute atomic E-state index is 0.0271. The minimum Gasteiger partial charge on any atom is -0.463 e. The first kappa shape index (κ1) is 30.1. The molecule has 2 aromatic rings. The van der Waals surface area contributed by atoms with Crippen LogP contribution in [0.2, 0.25) is 0 Å². The van der Waals surface area contributed by atoms with E-state index in [1.54, 1.807) is 20.8 Å². The van der Waals surface area contributed by atoms with Crippen molar-refractivity contribution in [3.63, 3.8) is 0 Å². The molecular weight excluding hydrogens is 522 g/mol. The fourth-order valence-electron chi connectivity index (χ4n) is 3.53. The van der Waals surface area contributed by atoms with Crippen molar-refractivity contribution in [3.05, 3.63) is 16.7 Å². The summed E-state index contributed by atoms with van der Waals surface area (Å²) in [5.41, 5.74) is -0.552. The van der Waals surface area contributed by atoms with Crippen molar-refractivity contribution in [2.45, 2.75) is 65.6 Å². The first-order valence-corrected chi connectivity index (χ1v) is 12.2. The van der Waals surface area contributed by atoms with E-state index in [2.05, 4.69) is 20.3 Å². The van der Waals surface area contributed by atoms with Crippen molar-refractivity contribution in [2.75, 3.05) is 31.7 Å². The monoisotopic (exact) mass is 555 g/mol. The quantitative estimate of drug-likeness (QED) is 0.167. The molecule has 16 nitrogen and oxygen atoms in total. The molecule has 0 radical (unpaired) electrons. The SMILES string of the molecule is CC(=O)OCCOC(OCCOC(C)=O)OC1[C@@H](O)[C@@H](C)O[C@H]1n1cnc2c(=O)[nH]c(NC(=O)C(C)C)nc21. The molecule has 3 heterocycles. The molecular formula is C23H33N5O11. The van der Waals surface area contributed by atoms with Crippen molar-refractivity contribution < 1.29 is 47.9 Å². The highest BCUT2D eigenvalue weighted by Gasteiger charge is 2.46. The van der Waals surface area contributed by atoms with Gasteiger partial charge in [-0.3, -0.25) is 34.0 Å². The standard InChI is InChI=1S/C23H33N5O11/c1-11(2)19(32)26-22-25-18-15(20(33)27-22)24-10-28(18)21-17(16(31)12(3)38-21)39-23(36-8-6-34-13(4)29)37-9-7-35-14(5)30/h10-12,16-17,21,23,31H,6-9H2,1-5H3,(H2,25,26,27,32,33)/t12-,16+,17?,21-/m1/s1. The van der Waals surface area contributed by atoms with E-state index in [1.165, 1.54) is 24.7 Å². The van der Waals surface area contributed by atoms with Gasteiger partial charge in [-0.1, -0.05) is 13.8 Å². The summed E-state index contributed by atoms with van der Waals surface area (Å²) in [5.74, 6) is -1.80. The normalized spacial score (nSPS) is 21.0. The molecule has 0 aliphatic carbocycles. The Kier molecular flexibility index (Phi) is 10.5. The number of amides is 1. The van der Waals surface area contributed by atoms with Crippen LogP contribution in [0, 0.1) is 5.92 Å². The summed E-state index contributed by atoms with van der Waals surface area (Å²) < 4.78 is 34.0. The Morgan fingerprint density at radius 1 is 1.13 bits per heavy atom. The first-order chi connectivity index (χ1) is 18.5. The summed E-state index contributed by atoms with van der Waals surface area (Å²) >= 11 is 0. The molecule has 216 valence electrons. The fourth-order valence-corrected chi connectivity index (χ4v) is 3.53. The number of aromatic nitrogens is 4. The van der Waals surface area contributed by atoms with E-state index in [1.807, 2.05) is 0 Å². The molecule has 0 saturated carbocycles. The van der Waals surface area contributed by atoms with Gasteiger partial charge < -0.3 is 33.5 Å². The van der Waals surface area contributed by atoms with Gasteiger partial charge in [-0.05, 0) is 6.92 Å². The molecule has 16 heteroatoms. The number of nitrogens with zero attached hydrogens (tertiary/aromatic N) is 3. The van der Waals surface area contributed by atoms with Gasteiger partial charge in [-0.25, -0.2) is 4.98 Å². The van der Waals surface area contributed by atoms with Gasteiger partial charge in [0.1, 0.15) is 25.4 Å². The second kappa shape index (κ2) is 13.6. The zero-order valence-electron chi connectivity index (χ0n) is 22.2. The first-order valence-electron chi connectivity index (χ1n) is 12.2. The summed E-state index contributed by atoms with van der Waals surface area (Å²) in [6, 6.07) is 0. The lowest BCUT2D eigenvalue weighted by molar-refractivity contribution is -0.320. The van der Waals surface area contributed by atoms with Gasteiger partial charge >= 0.3 is 11.9 Å². The highest BCUT2D eigenvalue weighted by atomic mass is 16.9. The van der Waals surface area contributed by atoms with Crippen LogP contribution in [0.25, 0.3) is 11.2 Å². The molecule has 1 saturated heterocycles. The Bertz CT molecular complexity index is 1190. The summed E-state index contributed by atoms with van der Waals surface area (Å²) in [4.78, 5) is 57.7. The molecule has 39 heavy (non-hydrogen) atoms. The number of rotatable bonds is 13. The lowest BCUT2D eigenvalue weighted by Gasteiger charge is -2.27. The maximum atomic E-state index is 12.6. The number of anilines is 1. The van der Waals surface area contributed by atoms with E-state index in [-0.39, 0.29) is 55.4 Å². The van der Waals surface area contributed by atoms with E-state index < -0.39 is 48.5 Å². The molecule has 2 aromatic heterocycles. The number of nitrogens with one attached hydrogen (secondary N) is 2. The molecule has 0 aromatic carbocycles. The van der Waals surface area contributed by atoms with Gasteiger partial charge in [0.15, 0.2) is 17.4 Å². The number of aliphatic hydroxyl groups excluding tert-OH is 1. The molecule has 0 spiro atoms. The van der Waals surface area contributed by atoms with Crippen molar-refractivity contribution in [3.8, 4) is 0 Å². The Labute approximate surface area is 222 Å². The summed E-state index contributed by atoms with van der Waals surface area (Å²) in [7, 11) is 0. The zero-order chi connectivity index (χ0) is 28.7. The van der Waals surface area contributed by atoms with Crippen LogP contribution < -0.4 is 10.9 Å². The van der Waals surface area contributed by atoms with Gasteiger partial charge in [0.25, 0.3) is 12.0 Å². The van der Waals surface area contributed by atoms with Crippen molar-refractivity contribution >= 4 is 35.0 Å². The summed E-state index contributed by atoms with van der Waals surface area (Å²) in [6.07, 6.45) is -2.75. The van der Waals surface area contributed by atoms with Gasteiger partial charge in [0.05, 0.1) is 25.6 Å². The molecule has 1 aliphatic rings. The van der Waals surface area contributed by atoms with Crippen LogP contribution in [-0.4, -0.2) is 93.7 Å². The Morgan fingerprint density at radius 3 is 2.31 bits per heavy atom. The van der Waals surface area contributed by atoms with E-state index in [0.717, 1.165) is 0 Å². The number of aromatic amines is 1. The Balaban J connectivity index is 1.84. The number of ether oxygens (including phenoxy) is 6. The van der Waals surface area contributed by atoms with Gasteiger partial charge in [-0.15, -0.1) is 0 Å². The number of H-pyrrole nitrogens is 1. The maximum absolute atomic E-state index is 12.6. The molecule has 3 rings (SSSR count). The lowest BCUT2D eigenvalue weighted by Crippen LogP contribution is -2.39. The lowest BCUT2D eigenvalue weighted by atomic mass is 10.1. The molecule has 0 bridgehead atoms. The molecule has 1 fully saturated rings. The predicted octanol–water partition coefficient (Wildman–Crippen LogP) is -0.179. The van der Waals surface area contributed by atoms with E-state index >= 15 is 0 Å². The van der Waals surface area contributed by atoms with Gasteiger partial charge in [0.2, 0.25) is 11.9 Å². The number of esters is 2. The van der Waals surface area contributed by atoms with Crippen LogP contribution in [-0.2, 0) is 42.8 Å². The van der Waals surface area contributed by atoms with Gasteiger partial charge in [-0.2, -0.15) is 4.98 Å². The Morgan fingerprint density at radius 2 is 1.74 bits per heavy atom. The van der Waals surface area contributed by atoms with Crippen molar-refractivity contribution in [1.29, 1.82) is 0 Å². The smallest absolute Gasteiger partial charge is 0.302 e. The third-order valence-electron chi connectivity index (χ3n) is 5.48. The largest absolute Gasteiger partial charge is 0.463 e. The highest BCUT2D eigenvalue weighted by molar-refractivity contribution is 5.91. The zero-order valence-corrected chi connectivity index (χ0v) is 22.2. The highest BCUT2D eigenvalue weighted by Crippen LogP contribution is 2.34.